The van der Waals surface area contributed by atoms with Crippen molar-refractivity contribution in [2.24, 2.45) is 0 Å². The van der Waals surface area contributed by atoms with E-state index in [-0.39, 0.29) is 34.9 Å². The Hall–Kier alpha value is -2.74. The maximum atomic E-state index is 13.0. The summed E-state index contributed by atoms with van der Waals surface area (Å²) in [6.07, 6.45) is 1.51. The van der Waals surface area contributed by atoms with Gasteiger partial charge in [0, 0.05) is 18.5 Å². The molecule has 144 valence electrons. The molecule has 1 aliphatic heterocycles. The van der Waals surface area contributed by atoms with Crippen LogP contribution in [-0.4, -0.2) is 49.7 Å². The molecule has 0 unspecified atom stereocenters. The minimum atomic E-state index is -1.23. The number of carbonyl (C=O) groups excluding carboxylic acids is 1. The number of rotatable bonds is 4. The second kappa shape index (κ2) is 7.11. The highest BCUT2D eigenvalue weighted by atomic mass is 16.5. The number of aromatic nitrogens is 2. The second-order valence-corrected chi connectivity index (χ2v) is 7.45. The molecule has 2 aromatic rings. The third-order valence-corrected chi connectivity index (χ3v) is 4.86. The number of carboxylic acids is 1. The number of nitrogens with zero attached hydrogens (tertiary/aromatic N) is 3. The van der Waals surface area contributed by atoms with Crippen LogP contribution in [0.25, 0.3) is 0 Å². The largest absolute Gasteiger partial charge is 0.478 e. The van der Waals surface area contributed by atoms with Gasteiger partial charge in [0.25, 0.3) is 11.8 Å². The van der Waals surface area contributed by atoms with E-state index in [2.05, 4.69) is 10.1 Å². The average Bonchev–Trinajstić information content (AvgIpc) is 3.12. The summed E-state index contributed by atoms with van der Waals surface area (Å²) in [6, 6.07) is 6.18. The van der Waals surface area contributed by atoms with Gasteiger partial charge in [-0.1, -0.05) is 17.3 Å². The van der Waals surface area contributed by atoms with Crippen molar-refractivity contribution in [1.82, 2.24) is 15.0 Å². The molecule has 1 aromatic carbocycles. The lowest BCUT2D eigenvalue weighted by Crippen LogP contribution is -2.45. The summed E-state index contributed by atoms with van der Waals surface area (Å²) in [5, 5.41) is 23.3. The van der Waals surface area contributed by atoms with Crippen molar-refractivity contribution in [3.8, 4) is 0 Å². The van der Waals surface area contributed by atoms with Crippen LogP contribution in [-0.2, 0) is 5.60 Å². The summed E-state index contributed by atoms with van der Waals surface area (Å²) in [5.74, 6) is -1.01. The SMILES string of the molecule is C[C@@H]1CC[C@@H](c2noc(C(C)(C)O)n2)CN1C(=O)c1ccccc1C(=O)O. The maximum Gasteiger partial charge on any atom is 0.336 e. The fourth-order valence-corrected chi connectivity index (χ4v) is 3.26. The Morgan fingerprint density at radius 2 is 1.89 bits per heavy atom. The van der Waals surface area contributed by atoms with E-state index in [1.807, 2.05) is 6.92 Å². The molecule has 1 amide bonds. The summed E-state index contributed by atoms with van der Waals surface area (Å²) in [4.78, 5) is 30.4. The smallest absolute Gasteiger partial charge is 0.336 e. The van der Waals surface area contributed by atoms with Crippen LogP contribution in [0.5, 0.6) is 0 Å². The van der Waals surface area contributed by atoms with Crippen LogP contribution in [0.4, 0.5) is 0 Å². The summed E-state index contributed by atoms with van der Waals surface area (Å²) in [5.41, 5.74) is -1.08. The van der Waals surface area contributed by atoms with Crippen molar-refractivity contribution in [3.63, 3.8) is 0 Å². The Morgan fingerprint density at radius 3 is 2.48 bits per heavy atom. The van der Waals surface area contributed by atoms with E-state index in [9.17, 15) is 19.8 Å². The Labute approximate surface area is 156 Å². The number of likely N-dealkylation sites (tertiary alicyclic amines) is 1. The molecule has 0 radical (unpaired) electrons. The lowest BCUT2D eigenvalue weighted by Gasteiger charge is -2.37. The van der Waals surface area contributed by atoms with E-state index in [0.29, 0.717) is 12.4 Å². The monoisotopic (exact) mass is 373 g/mol. The molecule has 2 heterocycles. The predicted molar refractivity (Wildman–Crippen MR) is 95.4 cm³/mol. The van der Waals surface area contributed by atoms with Gasteiger partial charge in [0.15, 0.2) is 5.82 Å². The van der Waals surface area contributed by atoms with Gasteiger partial charge in [-0.3, -0.25) is 4.79 Å². The Kier molecular flexibility index (Phi) is 5.01. The van der Waals surface area contributed by atoms with Crippen molar-refractivity contribution < 1.29 is 24.3 Å². The first-order chi connectivity index (χ1) is 12.7. The molecule has 3 rings (SSSR count). The highest BCUT2D eigenvalue weighted by Crippen LogP contribution is 2.31. The van der Waals surface area contributed by atoms with Gasteiger partial charge in [-0.2, -0.15) is 4.98 Å². The molecule has 1 aliphatic rings. The number of benzene rings is 1. The third kappa shape index (κ3) is 3.85. The third-order valence-electron chi connectivity index (χ3n) is 4.86. The predicted octanol–water partition coefficient (Wildman–Crippen LogP) is 2.40. The molecular formula is C19H23N3O5. The van der Waals surface area contributed by atoms with Crippen molar-refractivity contribution in [1.29, 1.82) is 0 Å². The molecule has 2 atom stereocenters. The van der Waals surface area contributed by atoms with E-state index in [1.54, 1.807) is 30.9 Å². The number of carbonyl (C=O) groups is 2. The van der Waals surface area contributed by atoms with Gasteiger partial charge in [-0.05, 0) is 45.7 Å². The first-order valence-electron chi connectivity index (χ1n) is 8.88. The van der Waals surface area contributed by atoms with Gasteiger partial charge in [-0.15, -0.1) is 0 Å². The molecule has 0 saturated carbocycles. The zero-order chi connectivity index (χ0) is 19.8. The molecule has 27 heavy (non-hydrogen) atoms. The van der Waals surface area contributed by atoms with Gasteiger partial charge >= 0.3 is 5.97 Å². The van der Waals surface area contributed by atoms with Crippen LogP contribution in [0.1, 0.15) is 72.0 Å². The van der Waals surface area contributed by atoms with Gasteiger partial charge in [0.2, 0.25) is 0 Å². The number of amides is 1. The van der Waals surface area contributed by atoms with Crippen LogP contribution >= 0.6 is 0 Å². The van der Waals surface area contributed by atoms with Crippen LogP contribution in [0, 0.1) is 0 Å². The first kappa shape index (κ1) is 19.0. The molecule has 1 aromatic heterocycles. The minimum Gasteiger partial charge on any atom is -0.478 e. The molecule has 0 aliphatic carbocycles. The molecular weight excluding hydrogens is 350 g/mol. The summed E-state index contributed by atoms with van der Waals surface area (Å²) >= 11 is 0. The van der Waals surface area contributed by atoms with E-state index < -0.39 is 11.6 Å². The normalized spacial score (nSPS) is 20.5. The number of aromatic carboxylic acids is 1. The molecule has 0 bridgehead atoms. The number of aliphatic hydroxyl groups is 1. The maximum absolute atomic E-state index is 13.0. The van der Waals surface area contributed by atoms with Gasteiger partial charge in [-0.25, -0.2) is 4.79 Å². The summed E-state index contributed by atoms with van der Waals surface area (Å²) < 4.78 is 5.15. The zero-order valence-corrected chi connectivity index (χ0v) is 15.5. The number of hydrogen-bond acceptors (Lipinski definition) is 6. The Morgan fingerprint density at radius 1 is 1.22 bits per heavy atom. The van der Waals surface area contributed by atoms with E-state index in [4.69, 9.17) is 4.52 Å². The number of piperidine rings is 1. The van der Waals surface area contributed by atoms with E-state index >= 15 is 0 Å². The minimum absolute atomic E-state index is 0.0132. The highest BCUT2D eigenvalue weighted by molar-refractivity contribution is 6.04. The average molecular weight is 373 g/mol. The fourth-order valence-electron chi connectivity index (χ4n) is 3.26. The van der Waals surface area contributed by atoms with Crippen molar-refractivity contribution in [3.05, 3.63) is 47.1 Å². The molecule has 1 fully saturated rings. The quantitative estimate of drug-likeness (QED) is 0.845. The van der Waals surface area contributed by atoms with Crippen LogP contribution in [0.3, 0.4) is 0 Å². The van der Waals surface area contributed by atoms with Crippen molar-refractivity contribution in [2.75, 3.05) is 6.54 Å². The zero-order valence-electron chi connectivity index (χ0n) is 15.5. The second-order valence-electron chi connectivity index (χ2n) is 7.45. The fraction of sp³-hybridized carbons (Fsp3) is 0.474. The van der Waals surface area contributed by atoms with Gasteiger partial charge < -0.3 is 19.6 Å². The standard InChI is InChI=1S/C19H23N3O5/c1-11-8-9-12(15-20-18(27-21-15)19(2,3)26)10-22(11)16(23)13-6-4-5-7-14(13)17(24)25/h4-7,11-12,26H,8-10H2,1-3H3,(H,24,25)/t11-,12-/m1/s1. The van der Waals surface area contributed by atoms with E-state index in [1.165, 1.54) is 12.1 Å². The lowest BCUT2D eigenvalue weighted by molar-refractivity contribution is 0.0420. The number of hydrogen-bond donors (Lipinski definition) is 2. The lowest BCUT2D eigenvalue weighted by atomic mass is 9.91. The summed E-state index contributed by atoms with van der Waals surface area (Å²) in [6.45, 7) is 5.42. The van der Waals surface area contributed by atoms with Crippen molar-refractivity contribution in [2.45, 2.75) is 51.2 Å². The molecule has 2 N–H and O–H groups in total. The van der Waals surface area contributed by atoms with Crippen LogP contribution in [0.15, 0.2) is 28.8 Å². The highest BCUT2D eigenvalue weighted by Gasteiger charge is 2.35. The molecule has 0 spiro atoms. The van der Waals surface area contributed by atoms with Crippen LogP contribution < -0.4 is 0 Å². The molecule has 1 saturated heterocycles. The topological polar surface area (TPSA) is 117 Å². The molecule has 8 heteroatoms. The van der Waals surface area contributed by atoms with E-state index in [0.717, 1.165) is 12.8 Å². The van der Waals surface area contributed by atoms with Crippen LogP contribution in [0.2, 0.25) is 0 Å². The Bertz CT molecular complexity index is 855. The summed E-state index contributed by atoms with van der Waals surface area (Å²) in [7, 11) is 0. The first-order valence-corrected chi connectivity index (χ1v) is 8.88. The Balaban J connectivity index is 1.85. The molecule has 8 nitrogen and oxygen atoms in total. The van der Waals surface area contributed by atoms with Crippen molar-refractivity contribution >= 4 is 11.9 Å². The van der Waals surface area contributed by atoms with Gasteiger partial charge in [0.1, 0.15) is 5.60 Å². The van der Waals surface area contributed by atoms with Gasteiger partial charge in [0.05, 0.1) is 11.1 Å². The number of carboxylic acid groups (broad SMARTS) is 1.